The number of hydrogen-bond acceptors (Lipinski definition) is 2. The first-order chi connectivity index (χ1) is 8.86. The summed E-state index contributed by atoms with van der Waals surface area (Å²) in [5, 5.41) is 0. The second-order valence-electron chi connectivity index (χ2n) is 5.80. The zero-order valence-corrected chi connectivity index (χ0v) is 12.8. The van der Waals surface area contributed by atoms with Crippen molar-refractivity contribution in [1.29, 1.82) is 0 Å². The Hall–Kier alpha value is -0.0800. The van der Waals surface area contributed by atoms with E-state index in [9.17, 15) is 0 Å². The van der Waals surface area contributed by atoms with Crippen LogP contribution in [0.15, 0.2) is 0 Å². The molecule has 1 saturated heterocycles. The van der Waals surface area contributed by atoms with Gasteiger partial charge in [0.15, 0.2) is 0 Å². The van der Waals surface area contributed by atoms with Crippen LogP contribution in [0.3, 0.4) is 0 Å². The first-order valence-corrected chi connectivity index (χ1v) is 8.31. The average Bonchev–Trinajstić information content (AvgIpc) is 2.41. The molecule has 0 aliphatic carbocycles. The van der Waals surface area contributed by atoms with Gasteiger partial charge in [-0.25, -0.2) is 0 Å². The van der Waals surface area contributed by atoms with Crippen LogP contribution in [0.1, 0.15) is 65.2 Å². The zero-order valence-electron chi connectivity index (χ0n) is 12.8. The molecule has 0 spiro atoms. The fourth-order valence-corrected chi connectivity index (χ4v) is 2.76. The van der Waals surface area contributed by atoms with Gasteiger partial charge in [-0.3, -0.25) is 0 Å². The van der Waals surface area contributed by atoms with Crippen molar-refractivity contribution in [3.8, 4) is 0 Å². The van der Waals surface area contributed by atoms with Crippen molar-refractivity contribution < 1.29 is 0 Å². The number of nitrogens with zero attached hydrogens (tertiary/aromatic N) is 2. The maximum atomic E-state index is 2.66. The summed E-state index contributed by atoms with van der Waals surface area (Å²) < 4.78 is 0. The quantitative estimate of drug-likeness (QED) is 0.548. The van der Waals surface area contributed by atoms with E-state index in [2.05, 4.69) is 23.6 Å². The third-order valence-corrected chi connectivity index (χ3v) is 4.12. The summed E-state index contributed by atoms with van der Waals surface area (Å²) in [5.74, 6) is 0. The van der Waals surface area contributed by atoms with Crippen LogP contribution in [0.5, 0.6) is 0 Å². The highest BCUT2D eigenvalue weighted by Crippen LogP contribution is 2.07. The lowest BCUT2D eigenvalue weighted by molar-refractivity contribution is 0.129. The third kappa shape index (κ3) is 7.38. The smallest absolute Gasteiger partial charge is 0.0110 e. The molecule has 0 amide bonds. The molecule has 0 aromatic carbocycles. The largest absolute Gasteiger partial charge is 0.301 e. The van der Waals surface area contributed by atoms with E-state index in [4.69, 9.17) is 0 Å². The van der Waals surface area contributed by atoms with E-state index in [1.165, 1.54) is 90.6 Å². The Bertz CT molecular complexity index is 154. The highest BCUT2D eigenvalue weighted by molar-refractivity contribution is 4.71. The first-order valence-electron chi connectivity index (χ1n) is 8.31. The summed E-state index contributed by atoms with van der Waals surface area (Å²) >= 11 is 0. The minimum Gasteiger partial charge on any atom is -0.301 e. The highest BCUT2D eigenvalue weighted by atomic mass is 15.3. The topological polar surface area (TPSA) is 6.48 Å². The molecule has 1 rings (SSSR count). The van der Waals surface area contributed by atoms with Crippen LogP contribution >= 0.6 is 0 Å². The molecule has 0 unspecified atom stereocenters. The highest BCUT2D eigenvalue weighted by Gasteiger charge is 2.15. The maximum absolute atomic E-state index is 2.66. The van der Waals surface area contributed by atoms with Gasteiger partial charge in [0.05, 0.1) is 0 Å². The number of hydrogen-bond donors (Lipinski definition) is 0. The van der Waals surface area contributed by atoms with Gasteiger partial charge in [0.2, 0.25) is 0 Å². The van der Waals surface area contributed by atoms with Crippen molar-refractivity contribution in [2.45, 2.75) is 65.2 Å². The molecule has 0 aromatic heterocycles. The lowest BCUT2D eigenvalue weighted by Crippen LogP contribution is -2.46. The van der Waals surface area contributed by atoms with Crippen molar-refractivity contribution in [3.05, 3.63) is 0 Å². The first kappa shape index (κ1) is 16.0. The zero-order chi connectivity index (χ0) is 13.1. The maximum Gasteiger partial charge on any atom is 0.0110 e. The van der Waals surface area contributed by atoms with Gasteiger partial charge in [-0.2, -0.15) is 0 Å². The van der Waals surface area contributed by atoms with Crippen LogP contribution < -0.4 is 0 Å². The third-order valence-electron chi connectivity index (χ3n) is 4.12. The molecule has 0 bridgehead atoms. The van der Waals surface area contributed by atoms with Crippen molar-refractivity contribution in [1.82, 2.24) is 9.80 Å². The molecule has 18 heavy (non-hydrogen) atoms. The van der Waals surface area contributed by atoms with Crippen molar-refractivity contribution in [2.75, 3.05) is 39.3 Å². The Labute approximate surface area is 115 Å². The summed E-state index contributed by atoms with van der Waals surface area (Å²) in [4.78, 5) is 5.33. The monoisotopic (exact) mass is 254 g/mol. The number of unbranched alkanes of at least 4 members (excludes halogenated alkanes) is 6. The Balaban J connectivity index is 1.95. The Morgan fingerprint density at radius 1 is 0.556 bits per heavy atom. The molecular weight excluding hydrogens is 220 g/mol. The molecule has 108 valence electrons. The molecule has 2 nitrogen and oxygen atoms in total. The van der Waals surface area contributed by atoms with Crippen LogP contribution in [0.4, 0.5) is 0 Å². The van der Waals surface area contributed by atoms with Gasteiger partial charge in [0.25, 0.3) is 0 Å². The molecular formula is C16H34N2. The van der Waals surface area contributed by atoms with Gasteiger partial charge in [-0.05, 0) is 25.9 Å². The molecule has 2 heteroatoms. The molecule has 0 aromatic rings. The number of rotatable bonds is 10. The van der Waals surface area contributed by atoms with Gasteiger partial charge < -0.3 is 9.80 Å². The Morgan fingerprint density at radius 3 is 1.28 bits per heavy atom. The summed E-state index contributed by atoms with van der Waals surface area (Å²) in [6, 6.07) is 0. The van der Waals surface area contributed by atoms with E-state index in [0.717, 1.165) is 0 Å². The Kier molecular flexibility index (Phi) is 9.59. The second-order valence-corrected chi connectivity index (χ2v) is 5.80. The molecule has 0 N–H and O–H groups in total. The second kappa shape index (κ2) is 10.8. The van der Waals surface area contributed by atoms with Crippen molar-refractivity contribution in [3.63, 3.8) is 0 Å². The molecule has 1 fully saturated rings. The SMILES string of the molecule is CCCCCCN1CCN(CCCCCC)CC1. The van der Waals surface area contributed by atoms with E-state index in [1.807, 2.05) is 0 Å². The molecule has 1 heterocycles. The van der Waals surface area contributed by atoms with E-state index >= 15 is 0 Å². The summed E-state index contributed by atoms with van der Waals surface area (Å²) in [6.07, 6.45) is 11.2. The van der Waals surface area contributed by atoms with E-state index < -0.39 is 0 Å². The van der Waals surface area contributed by atoms with Gasteiger partial charge >= 0.3 is 0 Å². The van der Waals surface area contributed by atoms with Gasteiger partial charge in [-0.15, -0.1) is 0 Å². The Morgan fingerprint density at radius 2 is 0.944 bits per heavy atom. The fourth-order valence-electron chi connectivity index (χ4n) is 2.76. The number of piperazine rings is 1. The standard InChI is InChI=1S/C16H34N2/c1-3-5-7-9-11-17-13-15-18(16-14-17)12-10-8-6-4-2/h3-16H2,1-2H3. The summed E-state index contributed by atoms with van der Waals surface area (Å²) in [6.45, 7) is 12.5. The summed E-state index contributed by atoms with van der Waals surface area (Å²) in [5.41, 5.74) is 0. The molecule has 1 aliphatic rings. The minimum atomic E-state index is 1.31. The molecule has 1 aliphatic heterocycles. The van der Waals surface area contributed by atoms with Gasteiger partial charge in [-0.1, -0.05) is 52.4 Å². The molecule has 0 saturated carbocycles. The lowest BCUT2D eigenvalue weighted by atomic mass is 10.1. The molecule has 0 atom stereocenters. The van der Waals surface area contributed by atoms with Gasteiger partial charge in [0, 0.05) is 26.2 Å². The van der Waals surface area contributed by atoms with Crippen LogP contribution in [0, 0.1) is 0 Å². The minimum absolute atomic E-state index is 1.31. The van der Waals surface area contributed by atoms with Crippen molar-refractivity contribution in [2.24, 2.45) is 0 Å². The van der Waals surface area contributed by atoms with Crippen LogP contribution in [0.2, 0.25) is 0 Å². The van der Waals surface area contributed by atoms with E-state index in [0.29, 0.717) is 0 Å². The van der Waals surface area contributed by atoms with Crippen molar-refractivity contribution >= 4 is 0 Å². The van der Waals surface area contributed by atoms with E-state index in [-0.39, 0.29) is 0 Å². The van der Waals surface area contributed by atoms with Crippen LogP contribution in [-0.2, 0) is 0 Å². The van der Waals surface area contributed by atoms with E-state index in [1.54, 1.807) is 0 Å². The van der Waals surface area contributed by atoms with Crippen LogP contribution in [-0.4, -0.2) is 49.1 Å². The average molecular weight is 254 g/mol. The fraction of sp³-hybridized carbons (Fsp3) is 1.00. The predicted octanol–water partition coefficient (Wildman–Crippen LogP) is 3.76. The predicted molar refractivity (Wildman–Crippen MR) is 81.2 cm³/mol. The molecule has 0 radical (unpaired) electrons. The summed E-state index contributed by atoms with van der Waals surface area (Å²) in [7, 11) is 0. The lowest BCUT2D eigenvalue weighted by Gasteiger charge is -2.34. The van der Waals surface area contributed by atoms with Crippen LogP contribution in [0.25, 0.3) is 0 Å². The normalized spacial score (nSPS) is 18.3. The van der Waals surface area contributed by atoms with Gasteiger partial charge in [0.1, 0.15) is 0 Å².